The van der Waals surface area contributed by atoms with E-state index in [1.165, 1.54) is 0 Å². The molecule has 0 radical (unpaired) electrons. The van der Waals surface area contributed by atoms with Crippen LogP contribution in [0.5, 0.6) is 0 Å². The second kappa shape index (κ2) is 6.57. The Morgan fingerprint density at radius 2 is 1.58 bits per heavy atom. The van der Waals surface area contributed by atoms with Crippen molar-refractivity contribution < 1.29 is 14.6 Å². The summed E-state index contributed by atoms with van der Waals surface area (Å²) in [5.74, 6) is 0. The van der Waals surface area contributed by atoms with E-state index in [9.17, 15) is 9.90 Å². The summed E-state index contributed by atoms with van der Waals surface area (Å²) in [4.78, 5) is 11.4. The van der Waals surface area contributed by atoms with E-state index in [2.05, 4.69) is 10.6 Å². The summed E-state index contributed by atoms with van der Waals surface area (Å²) < 4.78 is 5.13. The molecule has 5 nitrogen and oxygen atoms in total. The number of carbonyl (C=O) groups excluding carboxylic acids is 1. The van der Waals surface area contributed by atoms with Crippen LogP contribution < -0.4 is 10.6 Å². The van der Waals surface area contributed by atoms with Crippen molar-refractivity contribution >= 4 is 6.09 Å². The van der Waals surface area contributed by atoms with Crippen LogP contribution in [0.2, 0.25) is 0 Å². The minimum Gasteiger partial charge on any atom is -0.444 e. The Kier molecular flexibility index (Phi) is 6.29. The summed E-state index contributed by atoms with van der Waals surface area (Å²) in [5.41, 5.74) is -1.64. The fourth-order valence-corrected chi connectivity index (χ4v) is 1.21. The number of aliphatic hydroxyl groups is 1. The van der Waals surface area contributed by atoms with Gasteiger partial charge in [-0.15, -0.1) is 0 Å². The van der Waals surface area contributed by atoms with Gasteiger partial charge in [0.1, 0.15) is 5.60 Å². The normalized spacial score (nSPS) is 13.3. The Morgan fingerprint density at radius 3 is 2.00 bits per heavy atom. The molecule has 0 atom stereocenters. The molecule has 19 heavy (non-hydrogen) atoms. The van der Waals surface area contributed by atoms with Crippen LogP contribution in [-0.4, -0.2) is 41.0 Å². The summed E-state index contributed by atoms with van der Waals surface area (Å²) in [5, 5.41) is 15.9. The first-order valence-electron chi connectivity index (χ1n) is 6.79. The van der Waals surface area contributed by atoms with Gasteiger partial charge in [-0.25, -0.2) is 4.79 Å². The molecule has 0 saturated heterocycles. The fraction of sp³-hybridized carbons (Fsp3) is 0.929. The predicted molar refractivity (Wildman–Crippen MR) is 77.2 cm³/mol. The van der Waals surface area contributed by atoms with Crippen LogP contribution in [0.3, 0.4) is 0 Å². The van der Waals surface area contributed by atoms with Crippen LogP contribution >= 0.6 is 0 Å². The second-order valence-corrected chi connectivity index (χ2v) is 6.89. The van der Waals surface area contributed by atoms with Gasteiger partial charge >= 0.3 is 6.09 Å². The smallest absolute Gasteiger partial charge is 0.407 e. The van der Waals surface area contributed by atoms with Gasteiger partial charge in [-0.1, -0.05) is 0 Å². The van der Waals surface area contributed by atoms with Crippen LogP contribution in [0, 0.1) is 0 Å². The van der Waals surface area contributed by atoms with E-state index < -0.39 is 17.3 Å². The predicted octanol–water partition coefficient (Wildman–Crippen LogP) is 2.04. The van der Waals surface area contributed by atoms with E-state index in [0.29, 0.717) is 13.1 Å². The number of amides is 1. The van der Waals surface area contributed by atoms with Crippen molar-refractivity contribution in [2.24, 2.45) is 0 Å². The molecule has 0 aromatic carbocycles. The maximum absolute atomic E-state index is 11.4. The maximum atomic E-state index is 11.4. The van der Waals surface area contributed by atoms with E-state index in [4.69, 9.17) is 4.74 Å². The lowest BCUT2D eigenvalue weighted by Gasteiger charge is -2.38. The van der Waals surface area contributed by atoms with Gasteiger partial charge in [0.25, 0.3) is 0 Å². The average molecular weight is 274 g/mol. The molecule has 0 aromatic rings. The van der Waals surface area contributed by atoms with Gasteiger partial charge in [0, 0.05) is 12.1 Å². The Bertz CT molecular complexity index is 288. The van der Waals surface area contributed by atoms with Crippen LogP contribution in [0.25, 0.3) is 0 Å². The lowest BCUT2D eigenvalue weighted by Crippen LogP contribution is -2.56. The second-order valence-electron chi connectivity index (χ2n) is 6.89. The zero-order valence-corrected chi connectivity index (χ0v) is 13.4. The first-order chi connectivity index (χ1) is 8.35. The van der Waals surface area contributed by atoms with Crippen molar-refractivity contribution in [3.05, 3.63) is 0 Å². The number of carbonyl (C=O) groups is 1. The van der Waals surface area contributed by atoms with Crippen molar-refractivity contribution in [3.8, 4) is 0 Å². The Hall–Kier alpha value is -0.810. The largest absolute Gasteiger partial charge is 0.444 e. The standard InChI is InChI=1S/C14H30N2O3/c1-12(2,3)19-11(17)15-9-8-10-16-13(4,5)14(6,7)18/h16,18H,8-10H2,1-7H3,(H,15,17). The molecule has 0 spiro atoms. The fourth-order valence-electron chi connectivity index (χ4n) is 1.21. The summed E-state index contributed by atoms with van der Waals surface area (Å²) in [7, 11) is 0. The number of hydrogen-bond donors (Lipinski definition) is 3. The lowest BCUT2D eigenvalue weighted by atomic mass is 9.86. The minimum absolute atomic E-state index is 0.376. The first-order valence-corrected chi connectivity index (χ1v) is 6.79. The molecule has 0 aliphatic carbocycles. The quantitative estimate of drug-likeness (QED) is 0.648. The highest BCUT2D eigenvalue weighted by Crippen LogP contribution is 2.20. The third kappa shape index (κ3) is 8.06. The van der Waals surface area contributed by atoms with Crippen molar-refractivity contribution in [2.75, 3.05) is 13.1 Å². The Labute approximate surface area is 117 Å². The summed E-state index contributed by atoms with van der Waals surface area (Å²) in [6.45, 7) is 14.2. The third-order valence-corrected chi connectivity index (χ3v) is 3.12. The number of rotatable bonds is 6. The monoisotopic (exact) mass is 274 g/mol. The highest BCUT2D eigenvalue weighted by atomic mass is 16.6. The Morgan fingerprint density at radius 1 is 1.05 bits per heavy atom. The molecule has 0 heterocycles. The molecule has 5 heteroatoms. The van der Waals surface area contributed by atoms with Crippen LogP contribution in [0.15, 0.2) is 0 Å². The lowest BCUT2D eigenvalue weighted by molar-refractivity contribution is -0.00441. The number of hydrogen-bond acceptors (Lipinski definition) is 4. The van der Waals surface area contributed by atoms with Gasteiger partial charge in [0.05, 0.1) is 5.60 Å². The van der Waals surface area contributed by atoms with E-state index in [1.807, 2.05) is 34.6 Å². The van der Waals surface area contributed by atoms with Gasteiger partial charge in [-0.05, 0) is 61.4 Å². The zero-order chi connectivity index (χ0) is 15.3. The topological polar surface area (TPSA) is 70.6 Å². The molecule has 1 amide bonds. The van der Waals surface area contributed by atoms with Crippen molar-refractivity contribution in [1.82, 2.24) is 10.6 Å². The van der Waals surface area contributed by atoms with Crippen molar-refractivity contribution in [2.45, 2.75) is 71.6 Å². The molecule has 0 unspecified atom stereocenters. The molecule has 0 aliphatic heterocycles. The van der Waals surface area contributed by atoms with E-state index in [1.54, 1.807) is 13.8 Å². The molecule has 0 bridgehead atoms. The summed E-state index contributed by atoms with van der Waals surface area (Å²) in [6.07, 6.45) is 0.382. The highest BCUT2D eigenvalue weighted by molar-refractivity contribution is 5.67. The van der Waals surface area contributed by atoms with Crippen molar-refractivity contribution in [1.29, 1.82) is 0 Å². The van der Waals surface area contributed by atoms with Crippen LogP contribution in [0.1, 0.15) is 54.9 Å². The summed E-state index contributed by atoms with van der Waals surface area (Å²) >= 11 is 0. The van der Waals surface area contributed by atoms with E-state index in [0.717, 1.165) is 6.42 Å². The molecule has 0 rings (SSSR count). The van der Waals surface area contributed by atoms with Gasteiger partial charge in [-0.2, -0.15) is 0 Å². The van der Waals surface area contributed by atoms with Crippen LogP contribution in [-0.2, 0) is 4.74 Å². The number of nitrogens with one attached hydrogen (secondary N) is 2. The molecule has 3 N–H and O–H groups in total. The van der Waals surface area contributed by atoms with Crippen LogP contribution in [0.4, 0.5) is 4.79 Å². The van der Waals surface area contributed by atoms with E-state index in [-0.39, 0.29) is 5.54 Å². The SMILES string of the molecule is CC(C)(C)OC(=O)NCCCNC(C)(C)C(C)(C)O. The average Bonchev–Trinajstić information content (AvgIpc) is 2.11. The number of ether oxygens (including phenoxy) is 1. The summed E-state index contributed by atoms with van der Waals surface area (Å²) in [6, 6.07) is 0. The molecule has 0 fully saturated rings. The minimum atomic E-state index is -0.800. The third-order valence-electron chi connectivity index (χ3n) is 3.12. The Balaban J connectivity index is 3.81. The first kappa shape index (κ1) is 18.2. The molecular formula is C14H30N2O3. The van der Waals surface area contributed by atoms with Gasteiger partial charge in [0.15, 0.2) is 0 Å². The number of alkyl carbamates (subject to hydrolysis) is 1. The van der Waals surface area contributed by atoms with Gasteiger partial charge < -0.3 is 20.5 Å². The van der Waals surface area contributed by atoms with Gasteiger partial charge in [-0.3, -0.25) is 0 Å². The molecule has 114 valence electrons. The van der Waals surface area contributed by atoms with Crippen molar-refractivity contribution in [3.63, 3.8) is 0 Å². The molecule has 0 aliphatic rings. The molecule has 0 aromatic heterocycles. The zero-order valence-electron chi connectivity index (χ0n) is 13.4. The highest BCUT2D eigenvalue weighted by Gasteiger charge is 2.33. The molecular weight excluding hydrogens is 244 g/mol. The molecule has 0 saturated carbocycles. The van der Waals surface area contributed by atoms with Gasteiger partial charge in [0.2, 0.25) is 0 Å². The maximum Gasteiger partial charge on any atom is 0.407 e. The van der Waals surface area contributed by atoms with E-state index >= 15 is 0 Å².